The second-order valence-electron chi connectivity index (χ2n) is 3.47. The van der Waals surface area contributed by atoms with Crippen LogP contribution < -0.4 is 0 Å². The Kier molecular flexibility index (Phi) is 2.87. The van der Waals surface area contributed by atoms with Crippen molar-refractivity contribution >= 4 is 15.9 Å². The fourth-order valence-corrected chi connectivity index (χ4v) is 1.82. The molecule has 0 nitrogen and oxygen atoms in total. The van der Waals surface area contributed by atoms with Crippen molar-refractivity contribution in [3.8, 4) is 11.1 Å². The second-order valence-corrected chi connectivity index (χ2v) is 4.33. The first-order chi connectivity index (χ1) is 7.16. The van der Waals surface area contributed by atoms with Crippen molar-refractivity contribution < 1.29 is 4.39 Å². The second kappa shape index (κ2) is 4.15. The molecule has 2 aromatic rings. The minimum Gasteiger partial charge on any atom is -0.207 e. The molecule has 0 heterocycles. The minimum atomic E-state index is -0.204. The maximum absolute atomic E-state index is 13.0. The summed E-state index contributed by atoms with van der Waals surface area (Å²) in [6.07, 6.45) is 0. The van der Waals surface area contributed by atoms with Gasteiger partial charge in [-0.05, 0) is 41.8 Å². The summed E-state index contributed by atoms with van der Waals surface area (Å²) in [7, 11) is 0. The number of halogens is 2. The molecule has 76 valence electrons. The maximum Gasteiger partial charge on any atom is 0.123 e. The molecule has 0 N–H and O–H groups in total. The zero-order valence-corrected chi connectivity index (χ0v) is 9.88. The zero-order chi connectivity index (χ0) is 10.8. The number of rotatable bonds is 1. The Morgan fingerprint density at radius 2 is 1.73 bits per heavy atom. The van der Waals surface area contributed by atoms with Gasteiger partial charge < -0.3 is 0 Å². The first-order valence-corrected chi connectivity index (χ1v) is 5.48. The topological polar surface area (TPSA) is 0 Å². The van der Waals surface area contributed by atoms with Gasteiger partial charge in [0.2, 0.25) is 0 Å². The van der Waals surface area contributed by atoms with E-state index < -0.39 is 0 Å². The molecule has 0 aliphatic heterocycles. The van der Waals surface area contributed by atoms with Crippen molar-refractivity contribution in [3.05, 3.63) is 58.3 Å². The monoisotopic (exact) mass is 264 g/mol. The Balaban J connectivity index is 2.50. The summed E-state index contributed by atoms with van der Waals surface area (Å²) in [6.45, 7) is 2.03. The standard InChI is InChI=1S/C13H10BrF/c1-9-5-6-11(8-13(9)14)10-3-2-4-12(15)7-10/h2-8H,1H3. The molecule has 0 fully saturated rings. The third-order valence-corrected chi connectivity index (χ3v) is 3.18. The molecule has 0 saturated heterocycles. The quantitative estimate of drug-likeness (QED) is 0.708. The third-order valence-electron chi connectivity index (χ3n) is 2.33. The molecule has 15 heavy (non-hydrogen) atoms. The molecule has 0 aliphatic rings. The highest BCUT2D eigenvalue weighted by atomic mass is 79.9. The molecular formula is C13H10BrF. The van der Waals surface area contributed by atoms with Crippen molar-refractivity contribution in [3.63, 3.8) is 0 Å². The number of hydrogen-bond acceptors (Lipinski definition) is 0. The van der Waals surface area contributed by atoms with Crippen LogP contribution in [0.1, 0.15) is 5.56 Å². The van der Waals surface area contributed by atoms with Gasteiger partial charge in [-0.2, -0.15) is 0 Å². The lowest BCUT2D eigenvalue weighted by atomic mass is 10.0. The van der Waals surface area contributed by atoms with Gasteiger partial charge in [-0.15, -0.1) is 0 Å². The predicted octanol–water partition coefficient (Wildman–Crippen LogP) is 4.56. The van der Waals surface area contributed by atoms with Crippen LogP contribution in [-0.2, 0) is 0 Å². The Morgan fingerprint density at radius 3 is 2.40 bits per heavy atom. The maximum atomic E-state index is 13.0. The molecule has 2 rings (SSSR count). The summed E-state index contributed by atoms with van der Waals surface area (Å²) in [6, 6.07) is 12.6. The lowest BCUT2D eigenvalue weighted by Gasteiger charge is -2.04. The first kappa shape index (κ1) is 10.4. The fourth-order valence-electron chi connectivity index (χ4n) is 1.44. The van der Waals surface area contributed by atoms with Crippen LogP contribution in [-0.4, -0.2) is 0 Å². The van der Waals surface area contributed by atoms with Crippen LogP contribution in [0.4, 0.5) is 4.39 Å². The molecule has 0 amide bonds. The summed E-state index contributed by atoms with van der Waals surface area (Å²) in [5.74, 6) is -0.204. The Bertz CT molecular complexity index is 492. The van der Waals surface area contributed by atoms with E-state index in [-0.39, 0.29) is 5.82 Å². The molecule has 0 spiro atoms. The van der Waals surface area contributed by atoms with Crippen LogP contribution in [0.2, 0.25) is 0 Å². The summed E-state index contributed by atoms with van der Waals surface area (Å²) in [4.78, 5) is 0. The molecule has 0 atom stereocenters. The van der Waals surface area contributed by atoms with Crippen LogP contribution in [0.25, 0.3) is 11.1 Å². The van der Waals surface area contributed by atoms with Gasteiger partial charge >= 0.3 is 0 Å². The number of aryl methyl sites for hydroxylation is 1. The molecule has 0 aliphatic carbocycles. The van der Waals surface area contributed by atoms with Gasteiger partial charge in [0.05, 0.1) is 0 Å². The van der Waals surface area contributed by atoms with E-state index in [9.17, 15) is 4.39 Å². The summed E-state index contributed by atoms with van der Waals surface area (Å²) in [5, 5.41) is 0. The normalized spacial score (nSPS) is 10.3. The highest BCUT2D eigenvalue weighted by Crippen LogP contribution is 2.25. The molecule has 0 bridgehead atoms. The van der Waals surface area contributed by atoms with Gasteiger partial charge in [-0.3, -0.25) is 0 Å². The van der Waals surface area contributed by atoms with Crippen LogP contribution >= 0.6 is 15.9 Å². The smallest absolute Gasteiger partial charge is 0.123 e. The molecule has 0 radical (unpaired) electrons. The highest BCUT2D eigenvalue weighted by molar-refractivity contribution is 9.10. The highest BCUT2D eigenvalue weighted by Gasteiger charge is 2.01. The zero-order valence-electron chi connectivity index (χ0n) is 8.30. The van der Waals surface area contributed by atoms with Crippen molar-refractivity contribution in [2.24, 2.45) is 0 Å². The SMILES string of the molecule is Cc1ccc(-c2cccc(F)c2)cc1Br. The Hall–Kier alpha value is -1.15. The first-order valence-electron chi connectivity index (χ1n) is 4.69. The Labute approximate surface area is 96.9 Å². The minimum absolute atomic E-state index is 0.204. The van der Waals surface area contributed by atoms with Crippen molar-refractivity contribution in [1.29, 1.82) is 0 Å². The average molecular weight is 265 g/mol. The van der Waals surface area contributed by atoms with E-state index in [1.165, 1.54) is 17.7 Å². The van der Waals surface area contributed by atoms with Crippen LogP contribution in [0.3, 0.4) is 0 Å². The van der Waals surface area contributed by atoms with Crippen LogP contribution in [0.5, 0.6) is 0 Å². The molecular weight excluding hydrogens is 255 g/mol. The molecule has 0 aromatic heterocycles. The van der Waals surface area contributed by atoms with E-state index in [1.54, 1.807) is 6.07 Å². The van der Waals surface area contributed by atoms with Gasteiger partial charge in [0.1, 0.15) is 5.82 Å². The third kappa shape index (κ3) is 2.26. The van der Waals surface area contributed by atoms with Gasteiger partial charge in [0, 0.05) is 4.47 Å². The van der Waals surface area contributed by atoms with Gasteiger partial charge in [-0.1, -0.05) is 40.2 Å². The number of hydrogen-bond donors (Lipinski definition) is 0. The summed E-state index contributed by atoms with van der Waals surface area (Å²) >= 11 is 3.47. The van der Waals surface area contributed by atoms with E-state index in [0.717, 1.165) is 15.6 Å². The molecule has 2 heteroatoms. The van der Waals surface area contributed by atoms with Gasteiger partial charge in [0.25, 0.3) is 0 Å². The van der Waals surface area contributed by atoms with E-state index in [1.807, 2.05) is 31.2 Å². The Morgan fingerprint density at radius 1 is 1.00 bits per heavy atom. The number of benzene rings is 2. The molecule has 0 unspecified atom stereocenters. The van der Waals surface area contributed by atoms with Crippen LogP contribution in [0, 0.1) is 12.7 Å². The van der Waals surface area contributed by atoms with Gasteiger partial charge in [0.15, 0.2) is 0 Å². The lowest BCUT2D eigenvalue weighted by Crippen LogP contribution is -1.82. The largest absolute Gasteiger partial charge is 0.207 e. The predicted molar refractivity (Wildman–Crippen MR) is 64.3 cm³/mol. The average Bonchev–Trinajstić information content (AvgIpc) is 2.22. The molecule has 0 saturated carbocycles. The van der Waals surface area contributed by atoms with E-state index in [2.05, 4.69) is 15.9 Å². The van der Waals surface area contributed by atoms with Crippen molar-refractivity contribution in [1.82, 2.24) is 0 Å². The molecule has 2 aromatic carbocycles. The van der Waals surface area contributed by atoms with E-state index in [0.29, 0.717) is 0 Å². The van der Waals surface area contributed by atoms with Crippen LogP contribution in [0.15, 0.2) is 46.9 Å². The van der Waals surface area contributed by atoms with Crippen molar-refractivity contribution in [2.75, 3.05) is 0 Å². The van der Waals surface area contributed by atoms with E-state index in [4.69, 9.17) is 0 Å². The fraction of sp³-hybridized carbons (Fsp3) is 0.0769. The van der Waals surface area contributed by atoms with Gasteiger partial charge in [-0.25, -0.2) is 4.39 Å². The summed E-state index contributed by atoms with van der Waals surface area (Å²) in [5.41, 5.74) is 3.10. The lowest BCUT2D eigenvalue weighted by molar-refractivity contribution is 0.628. The van der Waals surface area contributed by atoms with E-state index >= 15 is 0 Å². The van der Waals surface area contributed by atoms with Crippen molar-refractivity contribution in [2.45, 2.75) is 6.92 Å². The summed E-state index contributed by atoms with van der Waals surface area (Å²) < 4.78 is 14.1.